The molecule has 2 aromatic rings. The van der Waals surface area contributed by atoms with E-state index < -0.39 is 11.9 Å². The fraction of sp³-hybridized carbons (Fsp3) is 0.118. The lowest BCUT2D eigenvalue weighted by atomic mass is 10.2. The number of pyridine rings is 1. The standard InChI is InChI=1S/C17H14Cl2N2O3/c1-2-24-17(23)12-7-8-20-15(9-12)21-16(22)6-4-11-3-5-13(18)10-14(11)19/h3-10H,2H2,1H3,(H,20,21,22)/b6-4+. The Bertz CT molecular complexity index is 791. The van der Waals surface area contributed by atoms with Crippen LogP contribution < -0.4 is 5.32 Å². The number of nitrogens with zero attached hydrogens (tertiary/aromatic N) is 1. The number of carbonyl (C=O) groups excluding carboxylic acids is 2. The molecule has 0 spiro atoms. The second kappa shape index (κ2) is 8.47. The lowest BCUT2D eigenvalue weighted by Gasteiger charge is -2.05. The van der Waals surface area contributed by atoms with Gasteiger partial charge in [0.2, 0.25) is 5.91 Å². The minimum absolute atomic E-state index is 0.248. The van der Waals surface area contributed by atoms with E-state index in [4.69, 9.17) is 27.9 Å². The molecule has 0 aliphatic heterocycles. The van der Waals surface area contributed by atoms with E-state index in [1.54, 1.807) is 31.2 Å². The molecule has 0 fully saturated rings. The average Bonchev–Trinajstić information content (AvgIpc) is 2.54. The van der Waals surface area contributed by atoms with Crippen molar-refractivity contribution in [2.75, 3.05) is 11.9 Å². The number of anilines is 1. The molecule has 0 bridgehead atoms. The fourth-order valence-electron chi connectivity index (χ4n) is 1.81. The molecule has 0 saturated heterocycles. The van der Waals surface area contributed by atoms with E-state index in [1.807, 2.05) is 0 Å². The Kier molecular flexibility index (Phi) is 6.35. The van der Waals surface area contributed by atoms with Crippen molar-refractivity contribution in [1.82, 2.24) is 4.98 Å². The van der Waals surface area contributed by atoms with Crippen molar-refractivity contribution in [2.24, 2.45) is 0 Å². The van der Waals surface area contributed by atoms with Crippen LogP contribution in [0.2, 0.25) is 10.0 Å². The van der Waals surface area contributed by atoms with E-state index in [9.17, 15) is 9.59 Å². The summed E-state index contributed by atoms with van der Waals surface area (Å²) in [4.78, 5) is 27.6. The summed E-state index contributed by atoms with van der Waals surface area (Å²) in [7, 11) is 0. The van der Waals surface area contributed by atoms with Crippen LogP contribution in [-0.2, 0) is 9.53 Å². The van der Waals surface area contributed by atoms with E-state index in [0.717, 1.165) is 0 Å². The second-order valence-corrected chi connectivity index (χ2v) is 5.48. The third-order valence-electron chi connectivity index (χ3n) is 2.90. The number of rotatable bonds is 5. The van der Waals surface area contributed by atoms with Crippen molar-refractivity contribution in [2.45, 2.75) is 6.92 Å². The van der Waals surface area contributed by atoms with Crippen LogP contribution in [0, 0.1) is 0 Å². The number of hydrogen-bond acceptors (Lipinski definition) is 4. The van der Waals surface area contributed by atoms with Gasteiger partial charge in [-0.05, 0) is 42.8 Å². The van der Waals surface area contributed by atoms with Gasteiger partial charge in [-0.15, -0.1) is 0 Å². The van der Waals surface area contributed by atoms with Crippen molar-refractivity contribution in [1.29, 1.82) is 0 Å². The third kappa shape index (κ3) is 5.08. The predicted octanol–water partition coefficient (Wildman–Crippen LogP) is 4.22. The van der Waals surface area contributed by atoms with Gasteiger partial charge in [-0.3, -0.25) is 4.79 Å². The Hall–Kier alpha value is -2.37. The summed E-state index contributed by atoms with van der Waals surface area (Å²) in [6.45, 7) is 1.99. The van der Waals surface area contributed by atoms with Crippen molar-refractivity contribution >= 4 is 47.0 Å². The first kappa shape index (κ1) is 18.0. The summed E-state index contributed by atoms with van der Waals surface area (Å²) in [5.74, 6) is -0.634. The van der Waals surface area contributed by atoms with Crippen molar-refractivity contribution in [3.05, 3.63) is 63.8 Å². The van der Waals surface area contributed by atoms with Crippen LogP contribution in [0.3, 0.4) is 0 Å². The smallest absolute Gasteiger partial charge is 0.338 e. The summed E-state index contributed by atoms with van der Waals surface area (Å²) >= 11 is 11.8. The predicted molar refractivity (Wildman–Crippen MR) is 94.3 cm³/mol. The number of benzene rings is 1. The highest BCUT2D eigenvalue weighted by Crippen LogP contribution is 2.22. The number of carbonyl (C=O) groups is 2. The fourth-order valence-corrected chi connectivity index (χ4v) is 2.28. The zero-order valence-corrected chi connectivity index (χ0v) is 14.3. The van der Waals surface area contributed by atoms with Gasteiger partial charge in [-0.25, -0.2) is 9.78 Å². The molecule has 7 heteroatoms. The van der Waals surface area contributed by atoms with E-state index in [1.165, 1.54) is 24.4 Å². The van der Waals surface area contributed by atoms with Gasteiger partial charge in [0.1, 0.15) is 5.82 Å². The molecule has 24 heavy (non-hydrogen) atoms. The van der Waals surface area contributed by atoms with Gasteiger partial charge in [0.15, 0.2) is 0 Å². The lowest BCUT2D eigenvalue weighted by Crippen LogP contribution is -2.11. The normalized spacial score (nSPS) is 10.6. The number of aromatic nitrogens is 1. The molecule has 124 valence electrons. The molecule has 0 radical (unpaired) electrons. The summed E-state index contributed by atoms with van der Waals surface area (Å²) in [6, 6.07) is 7.92. The molecule has 1 N–H and O–H groups in total. The molecule has 0 unspecified atom stereocenters. The summed E-state index contributed by atoms with van der Waals surface area (Å²) in [6.07, 6.45) is 4.29. The zero-order valence-electron chi connectivity index (χ0n) is 12.8. The van der Waals surface area contributed by atoms with Gasteiger partial charge in [0.05, 0.1) is 12.2 Å². The molecule has 1 aromatic carbocycles. The average molecular weight is 365 g/mol. The lowest BCUT2D eigenvalue weighted by molar-refractivity contribution is -0.111. The SMILES string of the molecule is CCOC(=O)c1ccnc(NC(=O)/C=C/c2ccc(Cl)cc2Cl)c1. The van der Waals surface area contributed by atoms with Gasteiger partial charge in [0.25, 0.3) is 0 Å². The van der Waals surface area contributed by atoms with Gasteiger partial charge < -0.3 is 10.1 Å². The molecule has 0 aliphatic rings. The van der Waals surface area contributed by atoms with Gasteiger partial charge >= 0.3 is 5.97 Å². The van der Waals surface area contributed by atoms with Crippen molar-refractivity contribution in [3.63, 3.8) is 0 Å². The van der Waals surface area contributed by atoms with Crippen molar-refractivity contribution in [3.8, 4) is 0 Å². The highest BCUT2D eigenvalue weighted by Gasteiger charge is 2.08. The zero-order chi connectivity index (χ0) is 17.5. The molecule has 0 aliphatic carbocycles. The first-order chi connectivity index (χ1) is 11.5. The Morgan fingerprint density at radius 1 is 1.25 bits per heavy atom. The number of nitrogens with one attached hydrogen (secondary N) is 1. The molecular weight excluding hydrogens is 351 g/mol. The first-order valence-electron chi connectivity index (χ1n) is 7.07. The molecule has 1 heterocycles. The van der Waals surface area contributed by atoms with Crippen LogP contribution in [-0.4, -0.2) is 23.5 Å². The van der Waals surface area contributed by atoms with Crippen LogP contribution in [0.25, 0.3) is 6.08 Å². The summed E-state index contributed by atoms with van der Waals surface area (Å²) in [5.41, 5.74) is 0.969. The number of ether oxygens (including phenoxy) is 1. The molecule has 1 amide bonds. The van der Waals surface area contributed by atoms with Crippen LogP contribution in [0.5, 0.6) is 0 Å². The van der Waals surface area contributed by atoms with Gasteiger partial charge in [0, 0.05) is 22.3 Å². The first-order valence-corrected chi connectivity index (χ1v) is 7.82. The minimum Gasteiger partial charge on any atom is -0.462 e. The topological polar surface area (TPSA) is 68.3 Å². The van der Waals surface area contributed by atoms with Gasteiger partial charge in [-0.2, -0.15) is 0 Å². The van der Waals surface area contributed by atoms with Crippen LogP contribution in [0.4, 0.5) is 5.82 Å². The van der Waals surface area contributed by atoms with E-state index in [-0.39, 0.29) is 12.4 Å². The van der Waals surface area contributed by atoms with Gasteiger partial charge in [-0.1, -0.05) is 29.3 Å². The Morgan fingerprint density at radius 2 is 2.04 bits per heavy atom. The Balaban J connectivity index is 2.05. The molecule has 2 rings (SSSR count). The van der Waals surface area contributed by atoms with Crippen LogP contribution >= 0.6 is 23.2 Å². The van der Waals surface area contributed by atoms with Crippen molar-refractivity contribution < 1.29 is 14.3 Å². The number of hydrogen-bond donors (Lipinski definition) is 1. The molecule has 1 aromatic heterocycles. The molecular formula is C17H14Cl2N2O3. The minimum atomic E-state index is -0.473. The highest BCUT2D eigenvalue weighted by atomic mass is 35.5. The second-order valence-electron chi connectivity index (χ2n) is 4.64. The largest absolute Gasteiger partial charge is 0.462 e. The monoisotopic (exact) mass is 364 g/mol. The number of amides is 1. The molecule has 5 nitrogen and oxygen atoms in total. The maximum Gasteiger partial charge on any atom is 0.338 e. The van der Waals surface area contributed by atoms with E-state index in [2.05, 4.69) is 10.3 Å². The highest BCUT2D eigenvalue weighted by molar-refractivity contribution is 6.35. The maximum atomic E-state index is 11.9. The molecule has 0 atom stereocenters. The van der Waals surface area contributed by atoms with E-state index in [0.29, 0.717) is 21.2 Å². The Labute approximate surface area is 149 Å². The summed E-state index contributed by atoms with van der Waals surface area (Å²) in [5, 5.41) is 3.52. The van der Waals surface area contributed by atoms with E-state index >= 15 is 0 Å². The molecule has 0 saturated carbocycles. The summed E-state index contributed by atoms with van der Waals surface area (Å²) < 4.78 is 4.90. The van der Waals surface area contributed by atoms with Crippen LogP contribution in [0.15, 0.2) is 42.6 Å². The number of esters is 1. The quantitative estimate of drug-likeness (QED) is 0.636. The maximum absolute atomic E-state index is 11.9. The van der Waals surface area contributed by atoms with Crippen LogP contribution in [0.1, 0.15) is 22.8 Å². The third-order valence-corrected chi connectivity index (χ3v) is 3.46. The number of halogens is 2. The Morgan fingerprint density at radius 3 is 2.75 bits per heavy atom.